The predicted octanol–water partition coefficient (Wildman–Crippen LogP) is 2.90. The third-order valence-corrected chi connectivity index (χ3v) is 4.14. The highest BCUT2D eigenvalue weighted by molar-refractivity contribution is 6.30. The minimum Gasteiger partial charge on any atom is -0.352 e. The van der Waals surface area contributed by atoms with Crippen molar-refractivity contribution in [2.24, 2.45) is 5.41 Å². The Morgan fingerprint density at radius 1 is 1.33 bits per heavy atom. The summed E-state index contributed by atoms with van der Waals surface area (Å²) in [6, 6.07) is 7.22. The summed E-state index contributed by atoms with van der Waals surface area (Å²) in [5.74, 6) is -0.116. The summed E-state index contributed by atoms with van der Waals surface area (Å²) >= 11 is 5.92. The second kappa shape index (κ2) is 6.84. The van der Waals surface area contributed by atoms with Gasteiger partial charge < -0.3 is 9.47 Å². The Balaban J connectivity index is 1.96. The molecule has 3 rings (SSSR count). The van der Waals surface area contributed by atoms with Crippen LogP contribution in [0.3, 0.4) is 0 Å². The highest BCUT2D eigenvalue weighted by Gasteiger charge is 2.40. The Morgan fingerprint density at radius 2 is 2.00 bits per heavy atom. The first kappa shape index (κ1) is 16.8. The number of ether oxygens (including phenoxy) is 2. The van der Waals surface area contributed by atoms with Crippen molar-refractivity contribution in [2.75, 3.05) is 13.2 Å². The summed E-state index contributed by atoms with van der Waals surface area (Å²) < 4.78 is 12.5. The number of benzene rings is 1. The summed E-state index contributed by atoms with van der Waals surface area (Å²) in [4.78, 5) is 17.1. The first-order chi connectivity index (χ1) is 11.5. The van der Waals surface area contributed by atoms with E-state index in [9.17, 15) is 4.79 Å². The molecule has 0 N–H and O–H groups in total. The zero-order valence-electron chi connectivity index (χ0n) is 13.5. The number of halogens is 1. The zero-order valence-corrected chi connectivity index (χ0v) is 14.2. The van der Waals surface area contributed by atoms with E-state index in [2.05, 4.69) is 10.1 Å². The van der Waals surface area contributed by atoms with Crippen molar-refractivity contribution >= 4 is 29.2 Å². The van der Waals surface area contributed by atoms with E-state index >= 15 is 0 Å². The van der Waals surface area contributed by atoms with Crippen LogP contribution in [0.1, 0.15) is 19.4 Å². The van der Waals surface area contributed by atoms with Crippen molar-refractivity contribution < 1.29 is 14.3 Å². The molecule has 1 aromatic carbocycles. The van der Waals surface area contributed by atoms with Gasteiger partial charge in [0.05, 0.1) is 18.6 Å². The van der Waals surface area contributed by atoms with Crippen LogP contribution in [0.25, 0.3) is 11.8 Å². The highest BCUT2D eigenvalue weighted by atomic mass is 35.5. The van der Waals surface area contributed by atoms with Crippen molar-refractivity contribution in [3.63, 3.8) is 0 Å². The Labute approximate surface area is 145 Å². The molecule has 0 atom stereocenters. The summed E-state index contributed by atoms with van der Waals surface area (Å²) in [6.07, 6.45) is 4.34. The molecule has 24 heavy (non-hydrogen) atoms. The lowest BCUT2D eigenvalue weighted by molar-refractivity contribution is -0.213. The normalized spacial score (nSPS) is 24.8. The van der Waals surface area contributed by atoms with Crippen molar-refractivity contribution in [1.29, 1.82) is 0 Å². The first-order valence-corrected chi connectivity index (χ1v) is 7.96. The van der Waals surface area contributed by atoms with Crippen LogP contribution in [0.4, 0.5) is 0 Å². The van der Waals surface area contributed by atoms with Gasteiger partial charge in [-0.05, 0) is 37.6 Å². The second-order valence-corrected chi connectivity index (χ2v) is 6.44. The molecule has 1 saturated heterocycles. The van der Waals surface area contributed by atoms with Gasteiger partial charge in [-0.25, -0.2) is 9.67 Å². The molecule has 1 aliphatic heterocycles. The fourth-order valence-corrected chi connectivity index (χ4v) is 2.54. The van der Waals surface area contributed by atoms with Crippen LogP contribution in [0.5, 0.6) is 0 Å². The van der Waals surface area contributed by atoms with Gasteiger partial charge in [0, 0.05) is 5.02 Å². The Morgan fingerprint density at radius 3 is 2.58 bits per heavy atom. The summed E-state index contributed by atoms with van der Waals surface area (Å²) in [5, 5.41) is 4.74. The van der Waals surface area contributed by atoms with Crippen LogP contribution in [-0.2, 0) is 14.3 Å². The molecule has 1 aliphatic rings. The maximum Gasteiger partial charge on any atom is 0.191 e. The molecular formula is C17H18ClN3O3. The van der Waals surface area contributed by atoms with Gasteiger partial charge in [0.25, 0.3) is 0 Å². The van der Waals surface area contributed by atoms with Gasteiger partial charge in [0.2, 0.25) is 0 Å². The number of rotatable bonds is 4. The minimum absolute atomic E-state index is 0.116. The van der Waals surface area contributed by atoms with Gasteiger partial charge in [-0.2, -0.15) is 5.10 Å². The SMILES string of the molecule is CC1OCC(C)(C(=O)C(=Cc2ccc(Cl)cc2)n2cncn2)CO1. The summed E-state index contributed by atoms with van der Waals surface area (Å²) in [5.41, 5.74) is 0.462. The van der Waals surface area contributed by atoms with Gasteiger partial charge in [-0.1, -0.05) is 23.7 Å². The fourth-order valence-electron chi connectivity index (χ4n) is 2.42. The molecule has 0 bridgehead atoms. The lowest BCUT2D eigenvalue weighted by atomic mass is 9.84. The van der Waals surface area contributed by atoms with Crippen molar-refractivity contribution in [2.45, 2.75) is 20.1 Å². The number of allylic oxidation sites excluding steroid dienone is 1. The number of Topliss-reactive ketones (excluding diaryl/α,β-unsaturated/α-hetero) is 1. The number of carbonyl (C=O) groups is 1. The number of hydrogen-bond donors (Lipinski definition) is 0. The summed E-state index contributed by atoms with van der Waals surface area (Å²) in [7, 11) is 0. The largest absolute Gasteiger partial charge is 0.352 e. The van der Waals surface area contributed by atoms with Crippen LogP contribution in [0, 0.1) is 5.41 Å². The molecule has 2 aromatic rings. The van der Waals surface area contributed by atoms with E-state index < -0.39 is 5.41 Å². The van der Waals surface area contributed by atoms with Crippen molar-refractivity contribution in [1.82, 2.24) is 14.8 Å². The van der Waals surface area contributed by atoms with E-state index in [0.29, 0.717) is 23.9 Å². The standard InChI is InChI=1S/C17H18ClN3O3/c1-12-23-8-17(2,9-24-12)16(22)15(21-11-19-10-20-21)7-13-3-5-14(18)6-4-13/h3-7,10-12H,8-9H2,1-2H3. The van der Waals surface area contributed by atoms with E-state index in [4.69, 9.17) is 21.1 Å². The number of nitrogens with zero attached hydrogens (tertiary/aromatic N) is 3. The number of hydrogen-bond acceptors (Lipinski definition) is 5. The van der Waals surface area contributed by atoms with Gasteiger partial charge in [0.15, 0.2) is 12.1 Å². The molecule has 0 spiro atoms. The molecule has 0 saturated carbocycles. The minimum atomic E-state index is -0.781. The predicted molar refractivity (Wildman–Crippen MR) is 90.1 cm³/mol. The number of ketones is 1. The maximum atomic E-state index is 13.2. The first-order valence-electron chi connectivity index (χ1n) is 7.58. The lowest BCUT2D eigenvalue weighted by Gasteiger charge is -2.35. The Kier molecular flexibility index (Phi) is 4.80. The fraction of sp³-hybridized carbons (Fsp3) is 0.353. The molecule has 126 valence electrons. The molecule has 0 unspecified atom stereocenters. The molecule has 0 radical (unpaired) electrons. The smallest absolute Gasteiger partial charge is 0.191 e. The van der Waals surface area contributed by atoms with E-state index in [0.717, 1.165) is 5.56 Å². The molecule has 6 nitrogen and oxygen atoms in total. The Hall–Kier alpha value is -2.02. The third kappa shape index (κ3) is 3.56. The average molecular weight is 348 g/mol. The second-order valence-electron chi connectivity index (χ2n) is 6.00. The number of aromatic nitrogens is 3. The molecular weight excluding hydrogens is 330 g/mol. The van der Waals surface area contributed by atoms with Crippen LogP contribution in [0.15, 0.2) is 36.9 Å². The van der Waals surface area contributed by atoms with Crippen LogP contribution < -0.4 is 0 Å². The molecule has 7 heteroatoms. The van der Waals surface area contributed by atoms with Gasteiger partial charge >= 0.3 is 0 Å². The van der Waals surface area contributed by atoms with E-state index in [1.54, 1.807) is 18.2 Å². The summed E-state index contributed by atoms with van der Waals surface area (Å²) in [6.45, 7) is 4.22. The molecule has 0 aliphatic carbocycles. The zero-order chi connectivity index (χ0) is 17.2. The monoisotopic (exact) mass is 347 g/mol. The van der Waals surface area contributed by atoms with E-state index in [-0.39, 0.29) is 12.1 Å². The molecule has 1 fully saturated rings. The van der Waals surface area contributed by atoms with E-state index in [1.165, 1.54) is 17.3 Å². The van der Waals surface area contributed by atoms with Gasteiger partial charge in [-0.15, -0.1) is 0 Å². The average Bonchev–Trinajstić information content (AvgIpc) is 3.11. The molecule has 2 heterocycles. The van der Waals surface area contributed by atoms with Crippen LogP contribution >= 0.6 is 11.6 Å². The van der Waals surface area contributed by atoms with Gasteiger partial charge in [-0.3, -0.25) is 4.79 Å². The number of carbonyl (C=O) groups excluding carboxylic acids is 1. The lowest BCUT2D eigenvalue weighted by Crippen LogP contribution is -2.45. The van der Waals surface area contributed by atoms with Crippen molar-refractivity contribution in [3.05, 3.63) is 47.5 Å². The molecule has 1 aromatic heterocycles. The van der Waals surface area contributed by atoms with Gasteiger partial charge in [0.1, 0.15) is 18.4 Å². The topological polar surface area (TPSA) is 66.2 Å². The quantitative estimate of drug-likeness (QED) is 0.795. The highest BCUT2D eigenvalue weighted by Crippen LogP contribution is 2.30. The maximum absolute atomic E-state index is 13.2. The van der Waals surface area contributed by atoms with Crippen molar-refractivity contribution in [3.8, 4) is 0 Å². The third-order valence-electron chi connectivity index (χ3n) is 3.89. The van der Waals surface area contributed by atoms with Crippen LogP contribution in [0.2, 0.25) is 5.02 Å². The van der Waals surface area contributed by atoms with E-state index in [1.807, 2.05) is 26.0 Å². The Bertz CT molecular complexity index is 733. The molecule has 0 amide bonds. The van der Waals surface area contributed by atoms with Crippen LogP contribution in [-0.4, -0.2) is 40.1 Å².